The van der Waals surface area contributed by atoms with E-state index < -0.39 is 0 Å². The van der Waals surface area contributed by atoms with Crippen molar-refractivity contribution in [3.63, 3.8) is 0 Å². The van der Waals surface area contributed by atoms with Crippen LogP contribution in [0.3, 0.4) is 0 Å². The van der Waals surface area contributed by atoms with Gasteiger partial charge in [-0.2, -0.15) is 4.98 Å². The van der Waals surface area contributed by atoms with E-state index in [4.69, 9.17) is 4.52 Å². The highest BCUT2D eigenvalue weighted by Crippen LogP contribution is 2.35. The maximum Gasteiger partial charge on any atom is 0.232 e. The minimum atomic E-state index is 0.0720. The molecule has 0 radical (unpaired) electrons. The van der Waals surface area contributed by atoms with Gasteiger partial charge in [-0.3, -0.25) is 9.69 Å². The fraction of sp³-hybridized carbons (Fsp3) is 0.842. The average Bonchev–Trinajstić information content (AvgIpc) is 3.08. The molecule has 1 aliphatic carbocycles. The number of nitrogens with zero attached hydrogens (tertiary/aromatic N) is 4. The maximum absolute atomic E-state index is 12.4. The smallest absolute Gasteiger partial charge is 0.232 e. The van der Waals surface area contributed by atoms with E-state index in [1.807, 2.05) is 11.8 Å². The van der Waals surface area contributed by atoms with Gasteiger partial charge in [0, 0.05) is 32.6 Å². The van der Waals surface area contributed by atoms with Crippen LogP contribution in [0.5, 0.6) is 0 Å². The molecule has 3 heterocycles. The average molecular weight is 346 g/mol. The zero-order valence-electron chi connectivity index (χ0n) is 15.6. The second-order valence-electron chi connectivity index (χ2n) is 8.78. The number of hydrogen-bond acceptors (Lipinski definition) is 5. The molecule has 3 unspecified atom stereocenters. The third-order valence-electron chi connectivity index (χ3n) is 6.22. The summed E-state index contributed by atoms with van der Waals surface area (Å²) in [5.74, 6) is 4.15. The molecule has 2 aliphatic heterocycles. The van der Waals surface area contributed by atoms with E-state index in [0.29, 0.717) is 24.2 Å². The van der Waals surface area contributed by atoms with Crippen molar-refractivity contribution in [2.24, 2.45) is 17.8 Å². The lowest BCUT2D eigenvalue weighted by Gasteiger charge is -2.46. The van der Waals surface area contributed by atoms with Gasteiger partial charge in [0.1, 0.15) is 0 Å². The van der Waals surface area contributed by atoms with Gasteiger partial charge in [-0.15, -0.1) is 0 Å². The van der Waals surface area contributed by atoms with Crippen molar-refractivity contribution in [1.82, 2.24) is 19.9 Å². The summed E-state index contributed by atoms with van der Waals surface area (Å²) in [4.78, 5) is 21.3. The molecule has 6 nitrogen and oxygen atoms in total. The summed E-state index contributed by atoms with van der Waals surface area (Å²) in [7, 11) is 0. The Bertz CT molecular complexity index is 615. The van der Waals surface area contributed by atoms with Gasteiger partial charge in [0.25, 0.3) is 0 Å². The lowest BCUT2D eigenvalue weighted by atomic mass is 9.76. The number of carbonyl (C=O) groups excluding carboxylic acids is 1. The van der Waals surface area contributed by atoms with Crippen molar-refractivity contribution in [3.05, 3.63) is 11.7 Å². The summed E-state index contributed by atoms with van der Waals surface area (Å²) in [6.45, 7) is 10.6. The first-order valence-electron chi connectivity index (χ1n) is 9.80. The Morgan fingerprint density at radius 2 is 1.84 bits per heavy atom. The summed E-state index contributed by atoms with van der Waals surface area (Å²) < 4.78 is 5.27. The molecule has 2 saturated heterocycles. The molecule has 3 aliphatic rings. The number of amides is 1. The summed E-state index contributed by atoms with van der Waals surface area (Å²) in [5.41, 5.74) is 0. The molecular formula is C19H30N4O2. The normalized spacial score (nSPS) is 34.5. The van der Waals surface area contributed by atoms with Crippen LogP contribution in [0.4, 0.5) is 0 Å². The SMILES string of the molecule is Cc1noc(C2CC(=O)N(C3CN(CC4CC(C)CC(C)C4)C3)C2)n1. The minimum absolute atomic E-state index is 0.0720. The van der Waals surface area contributed by atoms with Gasteiger partial charge in [-0.05, 0) is 43.9 Å². The van der Waals surface area contributed by atoms with Crippen molar-refractivity contribution in [2.75, 3.05) is 26.2 Å². The van der Waals surface area contributed by atoms with Gasteiger partial charge in [0.05, 0.1) is 12.0 Å². The van der Waals surface area contributed by atoms with Crippen molar-refractivity contribution in [3.8, 4) is 0 Å². The quantitative estimate of drug-likeness (QED) is 0.838. The molecule has 1 aromatic heterocycles. The molecule has 1 aromatic rings. The lowest BCUT2D eigenvalue weighted by molar-refractivity contribution is -0.133. The first kappa shape index (κ1) is 17.0. The predicted molar refractivity (Wildman–Crippen MR) is 94.0 cm³/mol. The topological polar surface area (TPSA) is 62.5 Å². The Balaban J connectivity index is 1.27. The molecular weight excluding hydrogens is 316 g/mol. The molecule has 25 heavy (non-hydrogen) atoms. The lowest BCUT2D eigenvalue weighted by Crippen LogP contribution is -2.60. The standard InChI is InChI=1S/C19H30N4O2/c1-12-4-13(2)6-15(5-12)8-22-10-17(11-22)23-9-16(7-18(23)24)19-20-14(3)21-25-19/h12-13,15-17H,4-11H2,1-3H3. The molecule has 3 atom stereocenters. The monoisotopic (exact) mass is 346 g/mol. The van der Waals surface area contributed by atoms with Crippen LogP contribution in [0, 0.1) is 24.7 Å². The molecule has 1 amide bonds. The minimum Gasteiger partial charge on any atom is -0.339 e. The third-order valence-corrected chi connectivity index (χ3v) is 6.22. The van der Waals surface area contributed by atoms with Gasteiger partial charge in [0.2, 0.25) is 11.8 Å². The van der Waals surface area contributed by atoms with Crippen LogP contribution in [0.1, 0.15) is 57.2 Å². The molecule has 0 spiro atoms. The highest BCUT2D eigenvalue weighted by molar-refractivity contribution is 5.80. The number of aromatic nitrogens is 2. The van der Waals surface area contributed by atoms with Crippen molar-refractivity contribution in [1.29, 1.82) is 0 Å². The second kappa shape index (κ2) is 6.71. The Morgan fingerprint density at radius 1 is 1.12 bits per heavy atom. The van der Waals surface area contributed by atoms with Gasteiger partial charge >= 0.3 is 0 Å². The van der Waals surface area contributed by atoms with Gasteiger partial charge < -0.3 is 9.42 Å². The summed E-state index contributed by atoms with van der Waals surface area (Å²) >= 11 is 0. The number of rotatable bonds is 4. The first-order valence-corrected chi connectivity index (χ1v) is 9.80. The molecule has 1 saturated carbocycles. The zero-order valence-corrected chi connectivity index (χ0v) is 15.6. The Morgan fingerprint density at radius 3 is 2.48 bits per heavy atom. The van der Waals surface area contributed by atoms with Gasteiger partial charge in [-0.1, -0.05) is 19.0 Å². The van der Waals surface area contributed by atoms with Crippen LogP contribution >= 0.6 is 0 Å². The molecule has 6 heteroatoms. The predicted octanol–water partition coefficient (Wildman–Crippen LogP) is 2.45. The van der Waals surface area contributed by atoms with E-state index >= 15 is 0 Å². The molecule has 4 rings (SSSR count). The number of hydrogen-bond donors (Lipinski definition) is 0. The Hall–Kier alpha value is -1.43. The summed E-state index contributed by atoms with van der Waals surface area (Å²) in [6, 6.07) is 0.375. The Labute approximate surface area is 149 Å². The summed E-state index contributed by atoms with van der Waals surface area (Å²) in [5, 5.41) is 3.86. The van der Waals surface area contributed by atoms with Crippen LogP contribution in [0.25, 0.3) is 0 Å². The van der Waals surface area contributed by atoms with Crippen LogP contribution in [0.2, 0.25) is 0 Å². The number of likely N-dealkylation sites (tertiary alicyclic amines) is 2. The molecule has 0 aromatic carbocycles. The molecule has 0 N–H and O–H groups in total. The largest absolute Gasteiger partial charge is 0.339 e. The maximum atomic E-state index is 12.4. The molecule has 0 bridgehead atoms. The molecule has 138 valence electrons. The number of carbonyl (C=O) groups is 1. The highest BCUT2D eigenvalue weighted by atomic mass is 16.5. The van der Waals surface area contributed by atoms with Crippen molar-refractivity contribution >= 4 is 5.91 Å². The fourth-order valence-corrected chi connectivity index (χ4v) is 5.25. The van der Waals surface area contributed by atoms with Crippen LogP contribution in [-0.2, 0) is 4.79 Å². The van der Waals surface area contributed by atoms with E-state index in [-0.39, 0.29) is 11.8 Å². The van der Waals surface area contributed by atoms with E-state index in [1.165, 1.54) is 25.8 Å². The van der Waals surface area contributed by atoms with Crippen molar-refractivity contribution < 1.29 is 9.32 Å². The first-order chi connectivity index (χ1) is 12.0. The van der Waals surface area contributed by atoms with E-state index in [2.05, 4.69) is 28.9 Å². The van der Waals surface area contributed by atoms with Crippen LogP contribution in [-0.4, -0.2) is 58.1 Å². The third kappa shape index (κ3) is 3.59. The highest BCUT2D eigenvalue weighted by Gasteiger charge is 2.42. The van der Waals surface area contributed by atoms with Gasteiger partial charge in [-0.25, -0.2) is 0 Å². The molecule has 3 fully saturated rings. The fourth-order valence-electron chi connectivity index (χ4n) is 5.25. The number of aryl methyl sites for hydroxylation is 1. The van der Waals surface area contributed by atoms with Crippen molar-refractivity contribution in [2.45, 2.75) is 58.4 Å². The van der Waals surface area contributed by atoms with E-state index in [1.54, 1.807) is 0 Å². The van der Waals surface area contributed by atoms with Crippen LogP contribution < -0.4 is 0 Å². The summed E-state index contributed by atoms with van der Waals surface area (Å²) in [6.07, 6.45) is 4.63. The Kier molecular flexibility index (Phi) is 4.56. The van der Waals surface area contributed by atoms with E-state index in [9.17, 15) is 4.79 Å². The van der Waals surface area contributed by atoms with Gasteiger partial charge in [0.15, 0.2) is 5.82 Å². The zero-order chi connectivity index (χ0) is 17.6. The van der Waals surface area contributed by atoms with Crippen LogP contribution in [0.15, 0.2) is 4.52 Å². The second-order valence-corrected chi connectivity index (χ2v) is 8.78. The van der Waals surface area contributed by atoms with E-state index in [0.717, 1.165) is 37.4 Å².